The van der Waals surface area contributed by atoms with Gasteiger partial charge >= 0.3 is 0 Å². The van der Waals surface area contributed by atoms with Crippen molar-refractivity contribution in [2.45, 2.75) is 32.2 Å². The standard InChI is InChI=1S/C14H18N2OS/c1-3-6-15(2)14(17)12-7-10-8-16(11-4-5-11)9-13(10)18-12/h7-9,11H,3-6H2,1-2H3. The molecule has 2 heterocycles. The summed E-state index contributed by atoms with van der Waals surface area (Å²) in [4.78, 5) is 14.8. The number of amides is 1. The second-order valence-corrected chi connectivity index (χ2v) is 6.18. The van der Waals surface area contributed by atoms with E-state index < -0.39 is 0 Å². The maximum atomic E-state index is 12.2. The minimum Gasteiger partial charge on any atom is -0.349 e. The van der Waals surface area contributed by atoms with Crippen LogP contribution in [-0.2, 0) is 0 Å². The molecule has 0 saturated heterocycles. The van der Waals surface area contributed by atoms with E-state index in [1.54, 1.807) is 16.2 Å². The SMILES string of the molecule is CCCN(C)C(=O)c1cc2cn(C3CC3)cc2s1. The Labute approximate surface area is 111 Å². The molecule has 3 nitrogen and oxygen atoms in total. The summed E-state index contributed by atoms with van der Waals surface area (Å²) in [5.41, 5.74) is 0. The zero-order valence-electron chi connectivity index (χ0n) is 10.8. The lowest BCUT2D eigenvalue weighted by atomic mass is 10.3. The van der Waals surface area contributed by atoms with Gasteiger partial charge in [0.25, 0.3) is 5.91 Å². The van der Waals surface area contributed by atoms with Crippen LogP contribution in [0.25, 0.3) is 10.1 Å². The molecule has 0 N–H and O–H groups in total. The van der Waals surface area contributed by atoms with Crippen molar-refractivity contribution in [1.29, 1.82) is 0 Å². The van der Waals surface area contributed by atoms with Crippen LogP contribution in [0.15, 0.2) is 18.5 Å². The van der Waals surface area contributed by atoms with E-state index in [0.29, 0.717) is 6.04 Å². The lowest BCUT2D eigenvalue weighted by Crippen LogP contribution is -2.26. The molecule has 96 valence electrons. The summed E-state index contributed by atoms with van der Waals surface area (Å²) in [6.07, 6.45) is 7.97. The van der Waals surface area contributed by atoms with E-state index in [-0.39, 0.29) is 5.91 Å². The molecule has 1 aliphatic rings. The normalized spacial score (nSPS) is 15.2. The Morgan fingerprint density at radius 1 is 1.50 bits per heavy atom. The number of carbonyl (C=O) groups is 1. The molecule has 0 aromatic carbocycles. The molecule has 2 aromatic heterocycles. The van der Waals surface area contributed by atoms with Gasteiger partial charge in [-0.05, 0) is 25.3 Å². The molecule has 1 amide bonds. The van der Waals surface area contributed by atoms with E-state index in [0.717, 1.165) is 17.8 Å². The van der Waals surface area contributed by atoms with Crippen molar-refractivity contribution < 1.29 is 4.79 Å². The summed E-state index contributed by atoms with van der Waals surface area (Å²) in [6, 6.07) is 2.75. The smallest absolute Gasteiger partial charge is 0.263 e. The maximum absolute atomic E-state index is 12.2. The summed E-state index contributed by atoms with van der Waals surface area (Å²) < 4.78 is 3.53. The van der Waals surface area contributed by atoms with Gasteiger partial charge in [-0.3, -0.25) is 4.79 Å². The molecular weight excluding hydrogens is 244 g/mol. The van der Waals surface area contributed by atoms with Crippen molar-refractivity contribution in [3.05, 3.63) is 23.3 Å². The van der Waals surface area contributed by atoms with Gasteiger partial charge in [-0.15, -0.1) is 11.3 Å². The van der Waals surface area contributed by atoms with Crippen LogP contribution in [0.1, 0.15) is 41.9 Å². The first-order valence-electron chi connectivity index (χ1n) is 6.55. The second kappa shape index (κ2) is 4.43. The van der Waals surface area contributed by atoms with Crippen LogP contribution in [0.4, 0.5) is 0 Å². The third-order valence-electron chi connectivity index (χ3n) is 3.43. The largest absolute Gasteiger partial charge is 0.349 e. The van der Waals surface area contributed by atoms with Crippen molar-refractivity contribution in [1.82, 2.24) is 9.47 Å². The number of aromatic nitrogens is 1. The number of rotatable bonds is 4. The summed E-state index contributed by atoms with van der Waals surface area (Å²) >= 11 is 1.61. The fraction of sp³-hybridized carbons (Fsp3) is 0.500. The highest BCUT2D eigenvalue weighted by Crippen LogP contribution is 2.38. The first-order chi connectivity index (χ1) is 8.69. The van der Waals surface area contributed by atoms with E-state index in [1.165, 1.54) is 22.9 Å². The third kappa shape index (κ3) is 2.05. The van der Waals surface area contributed by atoms with Crippen molar-refractivity contribution in [2.75, 3.05) is 13.6 Å². The van der Waals surface area contributed by atoms with Crippen molar-refractivity contribution >= 4 is 27.3 Å². The third-order valence-corrected chi connectivity index (χ3v) is 4.50. The second-order valence-electron chi connectivity index (χ2n) is 5.09. The molecule has 1 fully saturated rings. The average molecular weight is 262 g/mol. The highest BCUT2D eigenvalue weighted by Gasteiger charge is 2.24. The number of hydrogen-bond acceptors (Lipinski definition) is 2. The number of thiophene rings is 1. The predicted molar refractivity (Wildman–Crippen MR) is 75.3 cm³/mol. The number of carbonyl (C=O) groups excluding carboxylic acids is 1. The van der Waals surface area contributed by atoms with E-state index in [9.17, 15) is 4.79 Å². The fourth-order valence-electron chi connectivity index (χ4n) is 2.27. The predicted octanol–water partition coefficient (Wildman–Crippen LogP) is 3.52. The van der Waals surface area contributed by atoms with Gasteiger partial charge in [0, 0.05) is 37.4 Å². The fourth-order valence-corrected chi connectivity index (χ4v) is 3.34. The van der Waals surface area contributed by atoms with Gasteiger partial charge in [-0.2, -0.15) is 0 Å². The molecule has 1 aliphatic carbocycles. The highest BCUT2D eigenvalue weighted by atomic mass is 32.1. The van der Waals surface area contributed by atoms with Gasteiger partial charge in [-0.25, -0.2) is 0 Å². The van der Waals surface area contributed by atoms with E-state index in [4.69, 9.17) is 0 Å². The molecule has 4 heteroatoms. The average Bonchev–Trinajstić information content (AvgIpc) is 3.00. The Balaban J connectivity index is 1.84. The molecule has 2 aromatic rings. The van der Waals surface area contributed by atoms with Gasteiger partial charge in [0.2, 0.25) is 0 Å². The maximum Gasteiger partial charge on any atom is 0.263 e. The van der Waals surface area contributed by atoms with E-state index in [1.807, 2.05) is 13.1 Å². The summed E-state index contributed by atoms with van der Waals surface area (Å²) in [5, 5.41) is 1.21. The Hall–Kier alpha value is -1.29. The molecule has 1 saturated carbocycles. The number of nitrogens with zero attached hydrogens (tertiary/aromatic N) is 2. The molecule has 18 heavy (non-hydrogen) atoms. The van der Waals surface area contributed by atoms with E-state index >= 15 is 0 Å². The van der Waals surface area contributed by atoms with Gasteiger partial charge in [0.05, 0.1) is 9.58 Å². The molecule has 0 spiro atoms. The Bertz CT molecular complexity index is 548. The van der Waals surface area contributed by atoms with Gasteiger partial charge in [0.1, 0.15) is 0 Å². The molecule has 3 rings (SSSR count). The van der Waals surface area contributed by atoms with Gasteiger partial charge < -0.3 is 9.47 Å². The van der Waals surface area contributed by atoms with E-state index in [2.05, 4.69) is 23.9 Å². The van der Waals surface area contributed by atoms with Crippen LogP contribution >= 0.6 is 11.3 Å². The summed E-state index contributed by atoms with van der Waals surface area (Å²) in [5.74, 6) is 0.149. The summed E-state index contributed by atoms with van der Waals surface area (Å²) in [6.45, 7) is 2.91. The van der Waals surface area contributed by atoms with Crippen LogP contribution in [0.3, 0.4) is 0 Å². The Morgan fingerprint density at radius 2 is 2.28 bits per heavy atom. The van der Waals surface area contributed by atoms with Crippen molar-refractivity contribution in [2.24, 2.45) is 0 Å². The Kier molecular flexibility index (Phi) is 2.90. The molecular formula is C14H18N2OS. The van der Waals surface area contributed by atoms with Crippen LogP contribution in [0.5, 0.6) is 0 Å². The molecule has 0 bridgehead atoms. The van der Waals surface area contributed by atoms with Gasteiger partial charge in [-0.1, -0.05) is 6.92 Å². The highest BCUT2D eigenvalue weighted by molar-refractivity contribution is 7.20. The van der Waals surface area contributed by atoms with Crippen LogP contribution in [0, 0.1) is 0 Å². The minimum atomic E-state index is 0.149. The van der Waals surface area contributed by atoms with Gasteiger partial charge in [0.15, 0.2) is 0 Å². The lowest BCUT2D eigenvalue weighted by molar-refractivity contribution is 0.0800. The Morgan fingerprint density at radius 3 is 2.89 bits per heavy atom. The first-order valence-corrected chi connectivity index (χ1v) is 7.37. The number of hydrogen-bond donors (Lipinski definition) is 0. The van der Waals surface area contributed by atoms with Crippen LogP contribution < -0.4 is 0 Å². The zero-order chi connectivity index (χ0) is 12.7. The van der Waals surface area contributed by atoms with Crippen molar-refractivity contribution in [3.8, 4) is 0 Å². The zero-order valence-corrected chi connectivity index (χ0v) is 11.7. The topological polar surface area (TPSA) is 25.2 Å². The quantitative estimate of drug-likeness (QED) is 0.827. The molecule has 0 unspecified atom stereocenters. The van der Waals surface area contributed by atoms with Crippen LogP contribution in [0.2, 0.25) is 0 Å². The number of fused-ring (bicyclic) bond motifs is 1. The lowest BCUT2D eigenvalue weighted by Gasteiger charge is -2.14. The monoisotopic (exact) mass is 262 g/mol. The molecule has 0 atom stereocenters. The minimum absolute atomic E-state index is 0.149. The van der Waals surface area contributed by atoms with Crippen LogP contribution in [-0.4, -0.2) is 29.0 Å². The molecule has 0 radical (unpaired) electrons. The summed E-state index contributed by atoms with van der Waals surface area (Å²) in [7, 11) is 1.88. The first kappa shape index (κ1) is 11.8. The molecule has 0 aliphatic heterocycles. The van der Waals surface area contributed by atoms with Crippen molar-refractivity contribution in [3.63, 3.8) is 0 Å².